The van der Waals surface area contributed by atoms with Crippen LogP contribution in [0.4, 0.5) is 4.39 Å². The third-order valence-corrected chi connectivity index (χ3v) is 3.36. The van der Waals surface area contributed by atoms with Crippen molar-refractivity contribution in [3.8, 4) is 0 Å². The lowest BCUT2D eigenvalue weighted by Gasteiger charge is -2.15. The molecule has 102 valence electrons. The fourth-order valence-electron chi connectivity index (χ4n) is 1.53. The van der Waals surface area contributed by atoms with Gasteiger partial charge in [-0.15, -0.1) is 0 Å². The van der Waals surface area contributed by atoms with Crippen LogP contribution in [0.5, 0.6) is 0 Å². The molecule has 1 unspecified atom stereocenters. The van der Waals surface area contributed by atoms with Crippen LogP contribution in [0.1, 0.15) is 12.5 Å². The third kappa shape index (κ3) is 5.91. The summed E-state index contributed by atoms with van der Waals surface area (Å²) in [6.45, 7) is 5.14. The van der Waals surface area contributed by atoms with E-state index in [1.54, 1.807) is 19.2 Å². The van der Waals surface area contributed by atoms with Crippen LogP contribution in [0, 0.1) is 5.82 Å². The molecular formula is C13H20BrFN2O. The molecule has 0 aromatic heterocycles. The Labute approximate surface area is 116 Å². The fraction of sp³-hybridized carbons (Fsp3) is 0.538. The van der Waals surface area contributed by atoms with Gasteiger partial charge in [0.2, 0.25) is 0 Å². The van der Waals surface area contributed by atoms with Gasteiger partial charge in [-0.3, -0.25) is 0 Å². The van der Waals surface area contributed by atoms with Gasteiger partial charge < -0.3 is 15.4 Å². The van der Waals surface area contributed by atoms with E-state index in [1.165, 1.54) is 6.07 Å². The van der Waals surface area contributed by atoms with E-state index in [0.29, 0.717) is 19.2 Å². The van der Waals surface area contributed by atoms with E-state index in [1.807, 2.05) is 0 Å². The third-order valence-electron chi connectivity index (χ3n) is 2.58. The molecule has 0 amide bonds. The maximum absolute atomic E-state index is 13.1. The van der Waals surface area contributed by atoms with Crippen molar-refractivity contribution in [3.63, 3.8) is 0 Å². The molecule has 0 heterocycles. The summed E-state index contributed by atoms with van der Waals surface area (Å²) in [6, 6.07) is 5.04. The molecule has 0 aliphatic rings. The highest BCUT2D eigenvalue weighted by atomic mass is 79.9. The van der Waals surface area contributed by atoms with Gasteiger partial charge in [0.15, 0.2) is 0 Å². The van der Waals surface area contributed by atoms with E-state index in [9.17, 15) is 4.39 Å². The van der Waals surface area contributed by atoms with Crippen molar-refractivity contribution in [1.29, 1.82) is 0 Å². The number of ether oxygens (including phenoxy) is 1. The molecule has 0 aliphatic carbocycles. The van der Waals surface area contributed by atoms with Gasteiger partial charge in [0.05, 0.1) is 6.61 Å². The van der Waals surface area contributed by atoms with Gasteiger partial charge >= 0.3 is 0 Å². The lowest BCUT2D eigenvalue weighted by atomic mass is 10.2. The van der Waals surface area contributed by atoms with Crippen LogP contribution in [0.3, 0.4) is 0 Å². The molecule has 0 saturated carbocycles. The molecule has 0 saturated heterocycles. The predicted octanol–water partition coefficient (Wildman–Crippen LogP) is 2.30. The van der Waals surface area contributed by atoms with E-state index in [2.05, 4.69) is 33.5 Å². The van der Waals surface area contributed by atoms with Gasteiger partial charge in [0, 0.05) is 37.3 Å². The largest absolute Gasteiger partial charge is 0.383 e. The highest BCUT2D eigenvalue weighted by Crippen LogP contribution is 2.17. The standard InChI is InChI=1S/C13H20BrFN2O/c1-10(8-16-5-6-18-2)17-9-11-7-12(15)3-4-13(11)14/h3-4,7,10,16-17H,5-6,8-9H2,1-2H3. The van der Waals surface area contributed by atoms with Crippen LogP contribution < -0.4 is 10.6 Å². The molecule has 0 radical (unpaired) electrons. The minimum Gasteiger partial charge on any atom is -0.383 e. The highest BCUT2D eigenvalue weighted by Gasteiger charge is 2.04. The van der Waals surface area contributed by atoms with Crippen molar-refractivity contribution in [2.45, 2.75) is 19.5 Å². The van der Waals surface area contributed by atoms with Crippen molar-refractivity contribution in [1.82, 2.24) is 10.6 Å². The first-order chi connectivity index (χ1) is 8.63. The molecule has 5 heteroatoms. The van der Waals surface area contributed by atoms with Gasteiger partial charge in [-0.25, -0.2) is 4.39 Å². The minimum atomic E-state index is -0.208. The first kappa shape index (κ1) is 15.6. The number of halogens is 2. The normalized spacial score (nSPS) is 12.7. The number of hydrogen-bond acceptors (Lipinski definition) is 3. The second-order valence-electron chi connectivity index (χ2n) is 4.21. The van der Waals surface area contributed by atoms with E-state index in [-0.39, 0.29) is 5.82 Å². The summed E-state index contributed by atoms with van der Waals surface area (Å²) >= 11 is 3.41. The Balaban J connectivity index is 2.29. The number of hydrogen-bond donors (Lipinski definition) is 2. The fourth-order valence-corrected chi connectivity index (χ4v) is 1.91. The Hall–Kier alpha value is -0.490. The van der Waals surface area contributed by atoms with Crippen LogP contribution in [0.25, 0.3) is 0 Å². The molecule has 0 bridgehead atoms. The van der Waals surface area contributed by atoms with Crippen LogP contribution in [-0.4, -0.2) is 32.8 Å². The minimum absolute atomic E-state index is 0.208. The van der Waals surface area contributed by atoms with Crippen LogP contribution in [-0.2, 0) is 11.3 Å². The summed E-state index contributed by atoms with van der Waals surface area (Å²) in [5.74, 6) is -0.208. The zero-order chi connectivity index (χ0) is 13.4. The molecule has 2 N–H and O–H groups in total. The summed E-state index contributed by atoms with van der Waals surface area (Å²) in [7, 11) is 1.69. The van der Waals surface area contributed by atoms with Crippen LogP contribution in [0.2, 0.25) is 0 Å². The molecule has 1 atom stereocenters. The average Bonchev–Trinajstić information content (AvgIpc) is 2.36. The van der Waals surface area contributed by atoms with E-state index in [4.69, 9.17) is 4.74 Å². The lowest BCUT2D eigenvalue weighted by molar-refractivity contribution is 0.198. The summed E-state index contributed by atoms with van der Waals surface area (Å²) in [5.41, 5.74) is 0.929. The van der Waals surface area contributed by atoms with E-state index < -0.39 is 0 Å². The summed E-state index contributed by atoms with van der Waals surface area (Å²) in [4.78, 5) is 0. The molecule has 18 heavy (non-hydrogen) atoms. The zero-order valence-corrected chi connectivity index (χ0v) is 12.4. The van der Waals surface area contributed by atoms with Gasteiger partial charge in [0.1, 0.15) is 5.82 Å². The second-order valence-corrected chi connectivity index (χ2v) is 5.07. The van der Waals surface area contributed by atoms with Gasteiger partial charge in [-0.1, -0.05) is 15.9 Å². The molecule has 1 aromatic carbocycles. The predicted molar refractivity (Wildman–Crippen MR) is 75.1 cm³/mol. The van der Waals surface area contributed by atoms with Gasteiger partial charge in [-0.2, -0.15) is 0 Å². The smallest absolute Gasteiger partial charge is 0.123 e. The number of nitrogens with one attached hydrogen (secondary N) is 2. The Bertz CT molecular complexity index is 363. The lowest BCUT2D eigenvalue weighted by Crippen LogP contribution is -2.37. The van der Waals surface area contributed by atoms with Crippen molar-refractivity contribution < 1.29 is 9.13 Å². The molecular weight excluding hydrogens is 299 g/mol. The summed E-state index contributed by atoms with van der Waals surface area (Å²) < 4.78 is 19.0. The Kier molecular flexibility index (Phi) is 7.42. The van der Waals surface area contributed by atoms with E-state index in [0.717, 1.165) is 23.1 Å². The van der Waals surface area contributed by atoms with Crippen molar-refractivity contribution in [3.05, 3.63) is 34.1 Å². The van der Waals surface area contributed by atoms with Crippen molar-refractivity contribution in [2.24, 2.45) is 0 Å². The molecule has 0 aliphatic heterocycles. The topological polar surface area (TPSA) is 33.3 Å². The highest BCUT2D eigenvalue weighted by molar-refractivity contribution is 9.10. The first-order valence-electron chi connectivity index (χ1n) is 6.00. The Morgan fingerprint density at radius 3 is 2.94 bits per heavy atom. The second kappa shape index (κ2) is 8.58. The number of rotatable bonds is 8. The maximum atomic E-state index is 13.1. The molecule has 3 nitrogen and oxygen atoms in total. The van der Waals surface area contributed by atoms with Crippen LogP contribution >= 0.6 is 15.9 Å². The van der Waals surface area contributed by atoms with Gasteiger partial charge in [0.25, 0.3) is 0 Å². The molecule has 0 fully saturated rings. The SMILES string of the molecule is COCCNCC(C)NCc1cc(F)ccc1Br. The summed E-state index contributed by atoms with van der Waals surface area (Å²) in [5, 5.41) is 6.62. The average molecular weight is 319 g/mol. The molecule has 0 spiro atoms. The van der Waals surface area contributed by atoms with Gasteiger partial charge in [-0.05, 0) is 30.7 Å². The molecule has 1 rings (SSSR count). The van der Waals surface area contributed by atoms with E-state index >= 15 is 0 Å². The summed E-state index contributed by atoms with van der Waals surface area (Å²) in [6.07, 6.45) is 0. The number of methoxy groups -OCH3 is 1. The monoisotopic (exact) mass is 318 g/mol. The number of benzene rings is 1. The maximum Gasteiger partial charge on any atom is 0.123 e. The molecule has 1 aromatic rings. The van der Waals surface area contributed by atoms with Crippen LogP contribution in [0.15, 0.2) is 22.7 Å². The Morgan fingerprint density at radius 1 is 1.44 bits per heavy atom. The first-order valence-corrected chi connectivity index (χ1v) is 6.79. The van der Waals surface area contributed by atoms with Crippen molar-refractivity contribution >= 4 is 15.9 Å². The zero-order valence-electron chi connectivity index (χ0n) is 10.8. The Morgan fingerprint density at radius 2 is 2.22 bits per heavy atom. The quantitative estimate of drug-likeness (QED) is 0.722. The van der Waals surface area contributed by atoms with Crippen molar-refractivity contribution in [2.75, 3.05) is 26.8 Å².